The Morgan fingerprint density at radius 1 is 0.538 bits per heavy atom. The van der Waals surface area contributed by atoms with Crippen LogP contribution >= 0.6 is 0 Å². The molecule has 0 radical (unpaired) electrons. The van der Waals surface area contributed by atoms with Gasteiger partial charge in [-0.3, -0.25) is 4.98 Å². The molecule has 0 atom stereocenters. The number of hydrogen-bond donors (Lipinski definition) is 0. The number of fused-ring (bicyclic) bond motifs is 6. The van der Waals surface area contributed by atoms with Crippen molar-refractivity contribution in [1.82, 2.24) is 15.0 Å². The van der Waals surface area contributed by atoms with Gasteiger partial charge in [-0.25, -0.2) is 4.98 Å². The maximum atomic E-state index is 6.40. The molecule has 0 saturated heterocycles. The number of pyridine rings is 1. The smallest absolute Gasteiger partial charge is 0.231 e. The summed E-state index contributed by atoms with van der Waals surface area (Å²) in [5.41, 5.74) is 7.37. The van der Waals surface area contributed by atoms with Crippen LogP contribution in [0.3, 0.4) is 0 Å². The number of nitrogens with zero attached hydrogens (tertiary/aromatic N) is 3. The van der Waals surface area contributed by atoms with Crippen molar-refractivity contribution in [2.75, 3.05) is 0 Å². The predicted molar refractivity (Wildman–Crippen MR) is 158 cm³/mol. The summed E-state index contributed by atoms with van der Waals surface area (Å²) in [5.74, 6) is 0.630. The molecule has 5 aromatic carbocycles. The zero-order chi connectivity index (χ0) is 25.8. The molecular formula is C35H21N3O. The van der Waals surface area contributed by atoms with E-state index < -0.39 is 0 Å². The van der Waals surface area contributed by atoms with Gasteiger partial charge in [0, 0.05) is 33.5 Å². The van der Waals surface area contributed by atoms with Gasteiger partial charge in [-0.15, -0.1) is 0 Å². The van der Waals surface area contributed by atoms with E-state index in [2.05, 4.69) is 72.8 Å². The van der Waals surface area contributed by atoms with Crippen LogP contribution in [0, 0.1) is 0 Å². The number of benzene rings is 5. The molecule has 182 valence electrons. The molecule has 0 aliphatic heterocycles. The molecule has 0 aliphatic rings. The molecule has 4 heteroatoms. The summed E-state index contributed by atoms with van der Waals surface area (Å²) in [4.78, 5) is 14.9. The molecule has 8 aromatic rings. The molecule has 3 aromatic heterocycles. The number of hydrogen-bond acceptors (Lipinski definition) is 4. The van der Waals surface area contributed by atoms with E-state index in [-0.39, 0.29) is 0 Å². The SMILES string of the molecule is c1ccc(-c2ccc3oc4nc(-c5ccccc5)nc(-c5cccc6ccc7cccnc7c56)c4c3c2)cc1. The van der Waals surface area contributed by atoms with Gasteiger partial charge in [0.1, 0.15) is 5.58 Å². The molecule has 39 heavy (non-hydrogen) atoms. The van der Waals surface area contributed by atoms with Crippen LogP contribution in [0.25, 0.3) is 77.5 Å². The maximum absolute atomic E-state index is 6.40. The molecule has 0 bridgehead atoms. The van der Waals surface area contributed by atoms with Crippen LogP contribution in [0.4, 0.5) is 0 Å². The number of rotatable bonds is 3. The van der Waals surface area contributed by atoms with Gasteiger partial charge >= 0.3 is 0 Å². The van der Waals surface area contributed by atoms with Crippen molar-refractivity contribution in [3.63, 3.8) is 0 Å². The highest BCUT2D eigenvalue weighted by molar-refractivity contribution is 6.18. The molecular weight excluding hydrogens is 478 g/mol. The predicted octanol–water partition coefficient (Wildman–Crippen LogP) is 9.08. The van der Waals surface area contributed by atoms with E-state index in [0.29, 0.717) is 11.5 Å². The van der Waals surface area contributed by atoms with E-state index in [1.54, 1.807) is 0 Å². The molecule has 0 amide bonds. The Kier molecular flexibility index (Phi) is 4.79. The largest absolute Gasteiger partial charge is 0.438 e. The first-order valence-corrected chi connectivity index (χ1v) is 13.0. The maximum Gasteiger partial charge on any atom is 0.231 e. The summed E-state index contributed by atoms with van der Waals surface area (Å²) < 4.78 is 6.40. The average molecular weight is 500 g/mol. The Morgan fingerprint density at radius 3 is 2.15 bits per heavy atom. The van der Waals surface area contributed by atoms with Crippen LogP contribution in [-0.2, 0) is 0 Å². The third-order valence-corrected chi connectivity index (χ3v) is 7.34. The van der Waals surface area contributed by atoms with E-state index in [9.17, 15) is 0 Å². The number of furan rings is 1. The minimum Gasteiger partial charge on any atom is -0.438 e. The minimum atomic E-state index is 0.573. The normalized spacial score (nSPS) is 11.6. The third-order valence-electron chi connectivity index (χ3n) is 7.34. The molecule has 0 fully saturated rings. The highest BCUT2D eigenvalue weighted by Gasteiger charge is 2.21. The van der Waals surface area contributed by atoms with E-state index >= 15 is 0 Å². The first-order valence-electron chi connectivity index (χ1n) is 13.0. The zero-order valence-corrected chi connectivity index (χ0v) is 20.9. The molecule has 8 rings (SSSR count). The topological polar surface area (TPSA) is 51.8 Å². The van der Waals surface area contributed by atoms with Crippen LogP contribution in [0.5, 0.6) is 0 Å². The van der Waals surface area contributed by atoms with Crippen molar-refractivity contribution in [1.29, 1.82) is 0 Å². The molecule has 0 aliphatic carbocycles. The highest BCUT2D eigenvalue weighted by atomic mass is 16.3. The fraction of sp³-hybridized carbons (Fsp3) is 0. The van der Waals surface area contributed by atoms with Gasteiger partial charge in [0.25, 0.3) is 0 Å². The van der Waals surface area contributed by atoms with Crippen LogP contribution in [-0.4, -0.2) is 15.0 Å². The van der Waals surface area contributed by atoms with Crippen molar-refractivity contribution in [2.24, 2.45) is 0 Å². The van der Waals surface area contributed by atoms with Crippen LogP contribution in [0.1, 0.15) is 0 Å². The lowest BCUT2D eigenvalue weighted by atomic mass is 9.96. The van der Waals surface area contributed by atoms with Gasteiger partial charge in [-0.2, -0.15) is 4.98 Å². The Labute approximate surface area is 224 Å². The second-order valence-electron chi connectivity index (χ2n) is 9.67. The van der Waals surface area contributed by atoms with Crippen molar-refractivity contribution >= 4 is 43.7 Å². The first-order chi connectivity index (χ1) is 19.3. The van der Waals surface area contributed by atoms with E-state index in [1.165, 1.54) is 0 Å². The third kappa shape index (κ3) is 3.50. The zero-order valence-electron chi connectivity index (χ0n) is 20.9. The molecule has 4 nitrogen and oxygen atoms in total. The lowest BCUT2D eigenvalue weighted by molar-refractivity contribution is 0.653. The molecule has 0 N–H and O–H groups in total. The summed E-state index contributed by atoms with van der Waals surface area (Å²) in [6, 6.07) is 41.5. The Morgan fingerprint density at radius 2 is 1.31 bits per heavy atom. The second kappa shape index (κ2) is 8.61. The van der Waals surface area contributed by atoms with Crippen LogP contribution < -0.4 is 0 Å². The summed E-state index contributed by atoms with van der Waals surface area (Å²) >= 11 is 0. The van der Waals surface area contributed by atoms with Crippen molar-refractivity contribution in [2.45, 2.75) is 0 Å². The summed E-state index contributed by atoms with van der Waals surface area (Å²) in [6.07, 6.45) is 1.85. The lowest BCUT2D eigenvalue weighted by Crippen LogP contribution is -1.95. The van der Waals surface area contributed by atoms with Gasteiger partial charge in [-0.05, 0) is 34.7 Å². The van der Waals surface area contributed by atoms with Gasteiger partial charge in [0.15, 0.2) is 5.82 Å². The molecule has 3 heterocycles. The minimum absolute atomic E-state index is 0.573. The van der Waals surface area contributed by atoms with Crippen LogP contribution in [0.15, 0.2) is 132 Å². The summed E-state index contributed by atoms with van der Waals surface area (Å²) in [6.45, 7) is 0. The first kappa shape index (κ1) is 21.7. The van der Waals surface area contributed by atoms with Gasteiger partial charge in [0.2, 0.25) is 5.71 Å². The number of aromatic nitrogens is 3. The Balaban J connectivity index is 1.51. The second-order valence-corrected chi connectivity index (χ2v) is 9.67. The van der Waals surface area contributed by atoms with Crippen LogP contribution in [0.2, 0.25) is 0 Å². The summed E-state index contributed by atoms with van der Waals surface area (Å²) in [7, 11) is 0. The molecule has 0 unspecified atom stereocenters. The van der Waals surface area contributed by atoms with Crippen molar-refractivity contribution in [3.05, 3.63) is 128 Å². The Bertz CT molecular complexity index is 2170. The molecule has 0 spiro atoms. The van der Waals surface area contributed by atoms with E-state index in [0.717, 1.165) is 66.0 Å². The van der Waals surface area contributed by atoms with Crippen molar-refractivity contribution in [3.8, 4) is 33.8 Å². The highest BCUT2D eigenvalue weighted by Crippen LogP contribution is 2.41. The average Bonchev–Trinajstić information content (AvgIpc) is 3.39. The Hall–Kier alpha value is -5.35. The molecule has 0 saturated carbocycles. The fourth-order valence-electron chi connectivity index (χ4n) is 5.51. The van der Waals surface area contributed by atoms with E-state index in [4.69, 9.17) is 19.4 Å². The fourth-order valence-corrected chi connectivity index (χ4v) is 5.51. The van der Waals surface area contributed by atoms with Gasteiger partial charge in [-0.1, -0.05) is 103 Å². The van der Waals surface area contributed by atoms with Crippen molar-refractivity contribution < 1.29 is 4.42 Å². The monoisotopic (exact) mass is 499 g/mol. The van der Waals surface area contributed by atoms with Gasteiger partial charge < -0.3 is 4.42 Å². The van der Waals surface area contributed by atoms with E-state index in [1.807, 2.05) is 54.7 Å². The lowest BCUT2D eigenvalue weighted by Gasteiger charge is -2.11. The quantitative estimate of drug-likeness (QED) is 0.228. The summed E-state index contributed by atoms with van der Waals surface area (Å²) in [5, 5.41) is 5.18. The van der Waals surface area contributed by atoms with Gasteiger partial charge in [0.05, 0.1) is 16.6 Å². The standard InChI is InChI=1S/C35H21N3O/c1-3-9-22(10-4-1)26-18-19-29-28(21-26)31-33(37-34(38-35(31)39-29)25-11-5-2-6-12-25)27-15-7-13-23-16-17-24-14-8-20-36-32(24)30(23)27/h1-21H.